The number of rotatable bonds is 1. The predicted octanol–water partition coefficient (Wildman–Crippen LogP) is 2.28. The Labute approximate surface area is 95.8 Å². The van der Waals surface area contributed by atoms with E-state index < -0.39 is 0 Å². The van der Waals surface area contributed by atoms with Gasteiger partial charge in [-0.25, -0.2) is 4.79 Å². The Morgan fingerprint density at radius 3 is 3.06 bits per heavy atom. The Balaban J connectivity index is 2.24. The maximum atomic E-state index is 11.5. The Morgan fingerprint density at radius 2 is 2.31 bits per heavy atom. The molecule has 1 aromatic rings. The number of hydrogen-bond donors (Lipinski definition) is 1. The molecule has 0 fully saturated rings. The molecule has 0 aromatic heterocycles. The fourth-order valence-corrected chi connectivity index (χ4v) is 2.15. The highest BCUT2D eigenvalue weighted by Gasteiger charge is 2.22. The fraction of sp³-hybridized carbons (Fsp3) is 0.462. The number of anilines is 1. The smallest absolute Gasteiger partial charge is 0.328 e. The van der Waals surface area contributed by atoms with Crippen LogP contribution in [0.5, 0.6) is 0 Å². The van der Waals surface area contributed by atoms with Crippen LogP contribution in [0.1, 0.15) is 24.0 Å². The lowest BCUT2D eigenvalue weighted by Crippen LogP contribution is -2.29. The lowest BCUT2D eigenvalue weighted by Gasteiger charge is -2.15. The molecule has 0 saturated heterocycles. The lowest BCUT2D eigenvalue weighted by atomic mass is 10.0. The first kappa shape index (κ1) is 11.0. The van der Waals surface area contributed by atoms with E-state index in [0.717, 1.165) is 24.9 Å². The highest BCUT2D eigenvalue weighted by Crippen LogP contribution is 2.25. The van der Waals surface area contributed by atoms with Gasteiger partial charge < -0.3 is 10.1 Å². The van der Waals surface area contributed by atoms with E-state index >= 15 is 0 Å². The van der Waals surface area contributed by atoms with Crippen LogP contribution in [0.15, 0.2) is 18.2 Å². The van der Waals surface area contributed by atoms with Crippen molar-refractivity contribution in [2.24, 2.45) is 0 Å². The maximum absolute atomic E-state index is 11.5. The zero-order valence-electron chi connectivity index (χ0n) is 9.75. The molecule has 0 amide bonds. The molecule has 3 nitrogen and oxygen atoms in total. The molecule has 1 heterocycles. The summed E-state index contributed by atoms with van der Waals surface area (Å²) in [6.07, 6.45) is 2.88. The molecule has 0 spiro atoms. The molecular formula is C13H17NO2. The molecule has 0 radical (unpaired) electrons. The summed E-state index contributed by atoms with van der Waals surface area (Å²) in [5.74, 6) is -0.173. The van der Waals surface area contributed by atoms with Gasteiger partial charge in [-0.2, -0.15) is 0 Å². The average molecular weight is 219 g/mol. The molecule has 1 atom stereocenters. The Morgan fingerprint density at radius 1 is 1.50 bits per heavy atom. The van der Waals surface area contributed by atoms with Crippen LogP contribution in [0.2, 0.25) is 0 Å². The minimum atomic E-state index is -0.200. The molecular weight excluding hydrogens is 202 g/mol. The molecule has 16 heavy (non-hydrogen) atoms. The number of nitrogens with one attached hydrogen (secondary N) is 1. The number of carbonyl (C=O) groups excluding carboxylic acids is 1. The van der Waals surface area contributed by atoms with Crippen LogP contribution < -0.4 is 5.32 Å². The predicted molar refractivity (Wildman–Crippen MR) is 63.5 cm³/mol. The van der Waals surface area contributed by atoms with Crippen molar-refractivity contribution in [1.82, 2.24) is 0 Å². The van der Waals surface area contributed by atoms with Crippen LogP contribution in [0.3, 0.4) is 0 Å². The van der Waals surface area contributed by atoms with Crippen molar-refractivity contribution in [2.45, 2.75) is 32.2 Å². The number of hydrogen-bond acceptors (Lipinski definition) is 3. The molecule has 0 bridgehead atoms. The normalized spacial score (nSPS) is 19.2. The van der Waals surface area contributed by atoms with Gasteiger partial charge in [0.15, 0.2) is 0 Å². The summed E-state index contributed by atoms with van der Waals surface area (Å²) in [7, 11) is 1.44. The molecule has 0 aliphatic carbocycles. The highest BCUT2D eigenvalue weighted by atomic mass is 16.5. The minimum absolute atomic E-state index is 0.173. The van der Waals surface area contributed by atoms with Crippen molar-refractivity contribution in [2.75, 3.05) is 12.4 Å². The SMILES string of the molecule is COC(=O)C1CCCc2cc(C)ccc2N1. The van der Waals surface area contributed by atoms with E-state index in [0.29, 0.717) is 0 Å². The van der Waals surface area contributed by atoms with E-state index in [1.54, 1.807) is 0 Å². The molecule has 1 N–H and O–H groups in total. The average Bonchev–Trinajstić information content (AvgIpc) is 2.49. The second kappa shape index (κ2) is 4.56. The third-order valence-corrected chi connectivity index (χ3v) is 3.02. The molecule has 86 valence electrons. The van der Waals surface area contributed by atoms with Crippen molar-refractivity contribution >= 4 is 11.7 Å². The molecule has 2 rings (SSSR count). The summed E-state index contributed by atoms with van der Waals surface area (Å²) >= 11 is 0. The minimum Gasteiger partial charge on any atom is -0.467 e. The summed E-state index contributed by atoms with van der Waals surface area (Å²) in [5.41, 5.74) is 3.63. The van der Waals surface area contributed by atoms with Gasteiger partial charge in [0, 0.05) is 5.69 Å². The Bertz CT molecular complexity index is 401. The number of methoxy groups -OCH3 is 1. The molecule has 1 aliphatic rings. The van der Waals surface area contributed by atoms with Crippen molar-refractivity contribution in [1.29, 1.82) is 0 Å². The van der Waals surface area contributed by atoms with Crippen molar-refractivity contribution < 1.29 is 9.53 Å². The summed E-state index contributed by atoms with van der Waals surface area (Å²) in [6, 6.07) is 6.09. The molecule has 1 aliphatic heterocycles. The quantitative estimate of drug-likeness (QED) is 0.736. The number of aryl methyl sites for hydroxylation is 2. The van der Waals surface area contributed by atoms with E-state index in [1.165, 1.54) is 18.2 Å². The summed E-state index contributed by atoms with van der Waals surface area (Å²) in [6.45, 7) is 2.09. The molecule has 0 saturated carbocycles. The van der Waals surface area contributed by atoms with Crippen molar-refractivity contribution in [3.63, 3.8) is 0 Å². The standard InChI is InChI=1S/C13H17NO2/c1-9-6-7-11-10(8-9)4-3-5-12(14-11)13(15)16-2/h6-8,12,14H,3-5H2,1-2H3. The van der Waals surface area contributed by atoms with Gasteiger partial charge in [-0.1, -0.05) is 17.7 Å². The monoisotopic (exact) mass is 219 g/mol. The zero-order valence-corrected chi connectivity index (χ0v) is 9.75. The number of carbonyl (C=O) groups is 1. The van der Waals surface area contributed by atoms with Gasteiger partial charge in [-0.3, -0.25) is 0 Å². The van der Waals surface area contributed by atoms with E-state index in [9.17, 15) is 4.79 Å². The fourth-order valence-electron chi connectivity index (χ4n) is 2.15. The van der Waals surface area contributed by atoms with Crippen molar-refractivity contribution in [3.05, 3.63) is 29.3 Å². The summed E-state index contributed by atoms with van der Waals surface area (Å²) in [5, 5.41) is 3.26. The molecule has 1 aromatic carbocycles. The number of fused-ring (bicyclic) bond motifs is 1. The number of ether oxygens (including phenoxy) is 1. The molecule has 3 heteroatoms. The van der Waals surface area contributed by atoms with Crippen LogP contribution in [-0.4, -0.2) is 19.1 Å². The van der Waals surface area contributed by atoms with E-state index in [1.807, 2.05) is 6.07 Å². The largest absolute Gasteiger partial charge is 0.467 e. The summed E-state index contributed by atoms with van der Waals surface area (Å²) < 4.78 is 4.78. The van der Waals surface area contributed by atoms with E-state index in [-0.39, 0.29) is 12.0 Å². The third kappa shape index (κ3) is 2.18. The van der Waals surface area contributed by atoms with E-state index in [2.05, 4.69) is 24.4 Å². The van der Waals surface area contributed by atoms with Crippen molar-refractivity contribution in [3.8, 4) is 0 Å². The first-order valence-corrected chi connectivity index (χ1v) is 5.64. The van der Waals surface area contributed by atoms with Crippen LogP contribution in [-0.2, 0) is 16.0 Å². The number of esters is 1. The van der Waals surface area contributed by atoms with Gasteiger partial charge in [0.25, 0.3) is 0 Å². The van der Waals surface area contributed by atoms with Crippen LogP contribution in [0.4, 0.5) is 5.69 Å². The lowest BCUT2D eigenvalue weighted by molar-refractivity contribution is -0.141. The van der Waals surface area contributed by atoms with Gasteiger partial charge >= 0.3 is 5.97 Å². The zero-order chi connectivity index (χ0) is 11.5. The number of benzene rings is 1. The maximum Gasteiger partial charge on any atom is 0.328 e. The highest BCUT2D eigenvalue weighted by molar-refractivity contribution is 5.79. The third-order valence-electron chi connectivity index (χ3n) is 3.02. The second-order valence-corrected chi connectivity index (χ2v) is 4.27. The van der Waals surface area contributed by atoms with Crippen LogP contribution in [0.25, 0.3) is 0 Å². The van der Waals surface area contributed by atoms with Crippen LogP contribution in [0, 0.1) is 6.92 Å². The van der Waals surface area contributed by atoms with Gasteiger partial charge in [0.1, 0.15) is 6.04 Å². The first-order chi connectivity index (χ1) is 7.70. The Kier molecular flexibility index (Phi) is 3.13. The molecule has 1 unspecified atom stereocenters. The first-order valence-electron chi connectivity index (χ1n) is 5.64. The topological polar surface area (TPSA) is 38.3 Å². The van der Waals surface area contributed by atoms with Gasteiger partial charge in [0.2, 0.25) is 0 Å². The van der Waals surface area contributed by atoms with Gasteiger partial charge in [-0.05, 0) is 37.8 Å². The van der Waals surface area contributed by atoms with Gasteiger partial charge in [0.05, 0.1) is 7.11 Å². The Hall–Kier alpha value is -1.51. The van der Waals surface area contributed by atoms with E-state index in [4.69, 9.17) is 4.74 Å². The van der Waals surface area contributed by atoms with Crippen LogP contribution >= 0.6 is 0 Å². The summed E-state index contributed by atoms with van der Waals surface area (Å²) in [4.78, 5) is 11.5. The van der Waals surface area contributed by atoms with Gasteiger partial charge in [-0.15, -0.1) is 0 Å². The second-order valence-electron chi connectivity index (χ2n) is 4.27.